The number of carbonyl (C=O) groups is 2. The van der Waals surface area contributed by atoms with Crippen LogP contribution in [-0.4, -0.2) is 70.5 Å². The summed E-state index contributed by atoms with van der Waals surface area (Å²) in [6.45, 7) is 7.91. The zero-order chi connectivity index (χ0) is 25.9. The molecular weight excluding hydrogens is 484 g/mol. The van der Waals surface area contributed by atoms with Crippen LogP contribution in [0.2, 0.25) is 0 Å². The van der Waals surface area contributed by atoms with Gasteiger partial charge in [-0.1, -0.05) is 12.1 Å². The number of aliphatic hydroxyl groups excluding tert-OH is 1. The molecule has 8 heteroatoms. The predicted octanol–water partition coefficient (Wildman–Crippen LogP) is 4.53. The van der Waals surface area contributed by atoms with Gasteiger partial charge in [0.1, 0.15) is 5.82 Å². The lowest BCUT2D eigenvalue weighted by Crippen LogP contribution is -2.40. The second-order valence-corrected chi connectivity index (χ2v) is 11.3. The second kappa shape index (κ2) is 11.2. The highest BCUT2D eigenvalue weighted by atomic mass is 32.1. The first-order valence-corrected chi connectivity index (χ1v) is 14.2. The minimum absolute atomic E-state index is 0.0221. The molecular formula is C29H36N4O3S. The van der Waals surface area contributed by atoms with Crippen molar-refractivity contribution in [1.82, 2.24) is 14.8 Å². The van der Waals surface area contributed by atoms with E-state index in [1.165, 1.54) is 11.3 Å². The van der Waals surface area contributed by atoms with E-state index in [1.54, 1.807) is 0 Å². The molecule has 0 bridgehead atoms. The van der Waals surface area contributed by atoms with Crippen LogP contribution in [0.4, 0.5) is 5.82 Å². The highest BCUT2D eigenvalue weighted by molar-refractivity contribution is 7.12. The van der Waals surface area contributed by atoms with Gasteiger partial charge in [0.25, 0.3) is 5.91 Å². The molecule has 0 saturated carbocycles. The molecule has 0 spiro atoms. The number of fused-ring (bicyclic) bond motifs is 1. The van der Waals surface area contributed by atoms with E-state index in [0.717, 1.165) is 77.1 Å². The zero-order valence-corrected chi connectivity index (χ0v) is 22.6. The number of aromatic nitrogens is 1. The number of thiophene rings is 1. The molecule has 0 aliphatic carbocycles. The highest BCUT2D eigenvalue weighted by Gasteiger charge is 2.26. The molecule has 0 unspecified atom stereocenters. The maximum absolute atomic E-state index is 13.8. The summed E-state index contributed by atoms with van der Waals surface area (Å²) in [7, 11) is 0. The molecule has 7 nitrogen and oxygen atoms in total. The minimum atomic E-state index is -0.374. The summed E-state index contributed by atoms with van der Waals surface area (Å²) >= 11 is 1.48. The molecule has 37 heavy (non-hydrogen) atoms. The van der Waals surface area contributed by atoms with E-state index in [0.29, 0.717) is 32.6 Å². The van der Waals surface area contributed by atoms with Gasteiger partial charge in [0.15, 0.2) is 0 Å². The molecule has 2 saturated heterocycles. The van der Waals surface area contributed by atoms with Gasteiger partial charge in [-0.2, -0.15) is 0 Å². The first kappa shape index (κ1) is 25.7. The molecule has 0 radical (unpaired) electrons. The van der Waals surface area contributed by atoms with Gasteiger partial charge in [-0.25, -0.2) is 4.98 Å². The molecule has 2 aliphatic heterocycles. The van der Waals surface area contributed by atoms with E-state index < -0.39 is 0 Å². The Hall–Kier alpha value is -2.97. The molecule has 2 fully saturated rings. The van der Waals surface area contributed by atoms with Gasteiger partial charge in [0, 0.05) is 56.6 Å². The number of carbonyl (C=O) groups excluding carboxylic acids is 2. The molecule has 2 amide bonds. The fraction of sp³-hybridized carbons (Fsp3) is 0.483. The molecule has 1 atom stereocenters. The predicted molar refractivity (Wildman–Crippen MR) is 148 cm³/mol. The summed E-state index contributed by atoms with van der Waals surface area (Å²) in [5.41, 5.74) is 4.06. The number of nitrogens with zero attached hydrogens (tertiary/aromatic N) is 4. The standard InChI is InChI=1S/C29H36N4O3S/c1-20-8-9-22-17-23(28(30-25(22)16-20)32-12-3-6-24(34)19-32)18-33(29(36)27-21(2)10-15-37-27)14-5-13-31-11-4-7-26(31)35/h8-10,15-17,24,34H,3-7,11-14,18-19H2,1-2H3/t24-/m1/s1. The highest BCUT2D eigenvalue weighted by Crippen LogP contribution is 2.29. The van der Waals surface area contributed by atoms with Crippen LogP contribution in [0.15, 0.2) is 35.7 Å². The number of aliphatic hydroxyl groups is 1. The summed E-state index contributed by atoms with van der Waals surface area (Å²) < 4.78 is 0. The maximum Gasteiger partial charge on any atom is 0.264 e. The van der Waals surface area contributed by atoms with Gasteiger partial charge in [-0.05, 0) is 74.2 Å². The van der Waals surface area contributed by atoms with Crippen LogP contribution in [-0.2, 0) is 11.3 Å². The van der Waals surface area contributed by atoms with Crippen LogP contribution in [0.25, 0.3) is 10.9 Å². The van der Waals surface area contributed by atoms with E-state index >= 15 is 0 Å². The number of rotatable bonds is 8. The van der Waals surface area contributed by atoms with Crippen molar-refractivity contribution in [3.05, 3.63) is 57.3 Å². The van der Waals surface area contributed by atoms with E-state index in [-0.39, 0.29) is 17.9 Å². The monoisotopic (exact) mass is 520 g/mol. The number of piperidine rings is 1. The lowest BCUT2D eigenvalue weighted by molar-refractivity contribution is -0.127. The van der Waals surface area contributed by atoms with Crippen LogP contribution in [0.5, 0.6) is 0 Å². The van der Waals surface area contributed by atoms with Crippen molar-refractivity contribution < 1.29 is 14.7 Å². The van der Waals surface area contributed by atoms with Crippen molar-refractivity contribution in [2.45, 2.75) is 58.6 Å². The van der Waals surface area contributed by atoms with Gasteiger partial charge >= 0.3 is 0 Å². The Morgan fingerprint density at radius 2 is 2.05 bits per heavy atom. The summed E-state index contributed by atoms with van der Waals surface area (Å²) in [5, 5.41) is 13.4. The molecule has 196 valence electrons. The molecule has 3 aromatic rings. The number of aryl methyl sites for hydroxylation is 2. The SMILES string of the molecule is Cc1ccc2cc(CN(CCCN3CCCC3=O)C(=O)c3sccc3C)c(N3CCC[C@@H](O)C3)nc2c1. The van der Waals surface area contributed by atoms with Crippen LogP contribution in [0.3, 0.4) is 0 Å². The van der Waals surface area contributed by atoms with E-state index in [9.17, 15) is 14.7 Å². The van der Waals surface area contributed by atoms with Crippen molar-refractivity contribution in [3.63, 3.8) is 0 Å². The van der Waals surface area contributed by atoms with Gasteiger partial charge in [0.2, 0.25) is 5.91 Å². The second-order valence-electron chi connectivity index (χ2n) is 10.4. The zero-order valence-electron chi connectivity index (χ0n) is 21.8. The third kappa shape index (κ3) is 5.80. The smallest absolute Gasteiger partial charge is 0.264 e. The van der Waals surface area contributed by atoms with Gasteiger partial charge in [-0.3, -0.25) is 9.59 Å². The van der Waals surface area contributed by atoms with Crippen LogP contribution in [0, 0.1) is 13.8 Å². The number of likely N-dealkylation sites (tertiary alicyclic amines) is 1. The Kier molecular flexibility index (Phi) is 7.76. The van der Waals surface area contributed by atoms with Gasteiger partial charge in [-0.15, -0.1) is 11.3 Å². The van der Waals surface area contributed by atoms with Crippen molar-refractivity contribution >= 4 is 39.9 Å². The topological polar surface area (TPSA) is 77.0 Å². The Morgan fingerprint density at radius 1 is 1.19 bits per heavy atom. The van der Waals surface area contributed by atoms with E-state index in [2.05, 4.69) is 36.1 Å². The first-order chi connectivity index (χ1) is 17.9. The average molecular weight is 521 g/mol. The molecule has 2 aromatic heterocycles. The Bertz CT molecular complexity index is 1290. The summed E-state index contributed by atoms with van der Waals surface area (Å²) in [5.74, 6) is 1.09. The molecule has 1 aromatic carbocycles. The van der Waals surface area contributed by atoms with E-state index in [1.807, 2.05) is 28.2 Å². The summed E-state index contributed by atoms with van der Waals surface area (Å²) in [6, 6.07) is 10.4. The third-order valence-corrected chi connectivity index (χ3v) is 8.46. The molecule has 2 aliphatic rings. The lowest BCUT2D eigenvalue weighted by Gasteiger charge is -2.33. The number of amides is 2. The summed E-state index contributed by atoms with van der Waals surface area (Å²) in [6.07, 6.45) is 3.62. The van der Waals surface area contributed by atoms with Crippen molar-refractivity contribution in [2.75, 3.05) is 37.6 Å². The summed E-state index contributed by atoms with van der Waals surface area (Å²) in [4.78, 5) is 37.7. The number of β-amino-alcohol motifs (C(OH)–C–C–N with tert-alkyl or cyclic N) is 1. The normalized spacial score (nSPS) is 18.1. The third-order valence-electron chi connectivity index (χ3n) is 7.46. The number of anilines is 1. The largest absolute Gasteiger partial charge is 0.391 e. The lowest BCUT2D eigenvalue weighted by atomic mass is 10.0. The molecule has 5 rings (SSSR count). The molecule has 4 heterocycles. The van der Waals surface area contributed by atoms with E-state index in [4.69, 9.17) is 4.98 Å². The van der Waals surface area contributed by atoms with Crippen LogP contribution in [0.1, 0.15) is 58.5 Å². The van der Waals surface area contributed by atoms with Crippen molar-refractivity contribution in [2.24, 2.45) is 0 Å². The first-order valence-electron chi connectivity index (χ1n) is 13.3. The Balaban J connectivity index is 1.46. The van der Waals surface area contributed by atoms with Gasteiger partial charge in [0.05, 0.1) is 16.5 Å². The Morgan fingerprint density at radius 3 is 2.78 bits per heavy atom. The van der Waals surface area contributed by atoms with Crippen molar-refractivity contribution in [1.29, 1.82) is 0 Å². The Labute approximate surface area is 222 Å². The minimum Gasteiger partial charge on any atom is -0.391 e. The number of benzene rings is 1. The number of hydrogen-bond acceptors (Lipinski definition) is 6. The van der Waals surface area contributed by atoms with Gasteiger partial charge < -0.3 is 19.8 Å². The van der Waals surface area contributed by atoms with Crippen LogP contribution < -0.4 is 4.90 Å². The van der Waals surface area contributed by atoms with Crippen LogP contribution >= 0.6 is 11.3 Å². The number of pyridine rings is 1. The molecule has 1 N–H and O–H groups in total. The fourth-order valence-corrected chi connectivity index (χ4v) is 6.33. The maximum atomic E-state index is 13.8. The average Bonchev–Trinajstić information content (AvgIpc) is 3.50. The number of hydrogen-bond donors (Lipinski definition) is 1. The fourth-order valence-electron chi connectivity index (χ4n) is 5.43. The quantitative estimate of drug-likeness (QED) is 0.472. The van der Waals surface area contributed by atoms with Crippen molar-refractivity contribution in [3.8, 4) is 0 Å².